The maximum Gasteiger partial charge on any atom is 0.278 e. The van der Waals surface area contributed by atoms with Gasteiger partial charge in [0.05, 0.1) is 6.54 Å². The Morgan fingerprint density at radius 1 is 1.00 bits per heavy atom. The highest BCUT2D eigenvalue weighted by Crippen LogP contribution is 2.22. The number of nitrogens with zero attached hydrogens (tertiary/aromatic N) is 5. The van der Waals surface area contributed by atoms with Gasteiger partial charge >= 0.3 is 0 Å². The van der Waals surface area contributed by atoms with E-state index in [2.05, 4.69) is 51.4 Å². The molecule has 0 radical (unpaired) electrons. The molecule has 0 bridgehead atoms. The third-order valence-electron chi connectivity index (χ3n) is 4.02. The highest BCUT2D eigenvalue weighted by Gasteiger charge is 2.15. The fraction of sp³-hybridized carbons (Fsp3) is 0.158. The number of benzene rings is 1. The summed E-state index contributed by atoms with van der Waals surface area (Å²) in [7, 11) is 0. The van der Waals surface area contributed by atoms with Crippen LogP contribution in [-0.4, -0.2) is 24.9 Å². The van der Waals surface area contributed by atoms with Crippen molar-refractivity contribution >= 4 is 0 Å². The first-order valence-corrected chi connectivity index (χ1v) is 8.03. The van der Waals surface area contributed by atoms with Gasteiger partial charge in [0.25, 0.3) is 5.89 Å². The first-order valence-electron chi connectivity index (χ1n) is 8.03. The molecule has 3 aromatic heterocycles. The van der Waals surface area contributed by atoms with Gasteiger partial charge in [-0.2, -0.15) is 10.1 Å². The largest absolute Gasteiger partial charge is 0.332 e. The predicted octanol–water partition coefficient (Wildman–Crippen LogP) is 3.66. The Labute approximate surface area is 145 Å². The summed E-state index contributed by atoms with van der Waals surface area (Å²) >= 11 is 0. The van der Waals surface area contributed by atoms with Crippen LogP contribution in [-0.2, 0) is 6.54 Å². The molecular weight excluding hydrogens is 314 g/mol. The van der Waals surface area contributed by atoms with Crippen molar-refractivity contribution in [3.63, 3.8) is 0 Å². The summed E-state index contributed by atoms with van der Waals surface area (Å²) in [6.45, 7) is 4.80. The van der Waals surface area contributed by atoms with Gasteiger partial charge in [-0.25, -0.2) is 0 Å². The number of aryl methyl sites for hydroxylation is 2. The number of pyridine rings is 1. The van der Waals surface area contributed by atoms with Gasteiger partial charge < -0.3 is 4.52 Å². The normalized spacial score (nSPS) is 11.0. The molecule has 0 N–H and O–H groups in total. The fourth-order valence-corrected chi connectivity index (χ4v) is 2.59. The molecule has 0 aliphatic rings. The van der Waals surface area contributed by atoms with E-state index in [0.29, 0.717) is 24.0 Å². The van der Waals surface area contributed by atoms with Crippen LogP contribution < -0.4 is 0 Å². The van der Waals surface area contributed by atoms with E-state index >= 15 is 0 Å². The number of hydrogen-bond donors (Lipinski definition) is 0. The average Bonchev–Trinajstić information content (AvgIpc) is 3.25. The molecular formula is C19H17N5O. The minimum absolute atomic E-state index is 0.414. The molecule has 0 atom stereocenters. The smallest absolute Gasteiger partial charge is 0.278 e. The molecule has 6 heteroatoms. The topological polar surface area (TPSA) is 69.6 Å². The highest BCUT2D eigenvalue weighted by molar-refractivity contribution is 5.57. The first-order chi connectivity index (χ1) is 12.2. The molecule has 0 saturated heterocycles. The van der Waals surface area contributed by atoms with Crippen LogP contribution in [0.15, 0.2) is 59.4 Å². The predicted molar refractivity (Wildman–Crippen MR) is 93.8 cm³/mol. The molecule has 0 unspecified atom stereocenters. The molecule has 0 aliphatic carbocycles. The van der Waals surface area contributed by atoms with Crippen LogP contribution in [0, 0.1) is 13.8 Å². The summed E-state index contributed by atoms with van der Waals surface area (Å²) in [6.07, 6.45) is 3.40. The number of rotatable bonds is 4. The van der Waals surface area contributed by atoms with Gasteiger partial charge in [0.2, 0.25) is 5.82 Å². The molecule has 3 heterocycles. The summed E-state index contributed by atoms with van der Waals surface area (Å²) in [6, 6.07) is 14.1. The molecule has 4 rings (SSSR count). The second-order valence-corrected chi connectivity index (χ2v) is 5.97. The zero-order valence-electron chi connectivity index (χ0n) is 14.0. The lowest BCUT2D eigenvalue weighted by atomic mass is 10.1. The van der Waals surface area contributed by atoms with Crippen LogP contribution in [0.5, 0.6) is 0 Å². The minimum atomic E-state index is 0.414. The van der Waals surface area contributed by atoms with Crippen molar-refractivity contribution in [1.82, 2.24) is 24.9 Å². The second-order valence-electron chi connectivity index (χ2n) is 5.97. The Morgan fingerprint density at radius 2 is 1.76 bits per heavy atom. The van der Waals surface area contributed by atoms with E-state index in [0.717, 1.165) is 11.3 Å². The first kappa shape index (κ1) is 15.3. The van der Waals surface area contributed by atoms with Crippen LogP contribution in [0.25, 0.3) is 23.0 Å². The van der Waals surface area contributed by atoms with Crippen molar-refractivity contribution in [2.45, 2.75) is 20.4 Å². The lowest BCUT2D eigenvalue weighted by Gasteiger charge is -2.04. The molecule has 1 aromatic carbocycles. The summed E-state index contributed by atoms with van der Waals surface area (Å²) in [5, 5.41) is 8.65. The number of hydrogen-bond acceptors (Lipinski definition) is 5. The molecule has 0 amide bonds. The minimum Gasteiger partial charge on any atom is -0.332 e. The third-order valence-corrected chi connectivity index (χ3v) is 4.02. The van der Waals surface area contributed by atoms with Crippen LogP contribution in [0.2, 0.25) is 0 Å². The molecule has 0 spiro atoms. The van der Waals surface area contributed by atoms with Crippen LogP contribution >= 0.6 is 0 Å². The van der Waals surface area contributed by atoms with Gasteiger partial charge in [-0.1, -0.05) is 35.0 Å². The molecule has 25 heavy (non-hydrogen) atoms. The van der Waals surface area contributed by atoms with Gasteiger partial charge in [-0.15, -0.1) is 0 Å². The lowest BCUT2D eigenvalue weighted by molar-refractivity contribution is 0.430. The summed E-state index contributed by atoms with van der Waals surface area (Å²) in [5.41, 5.74) is 5.03. The summed E-state index contributed by atoms with van der Waals surface area (Å²) < 4.78 is 7.32. The highest BCUT2D eigenvalue weighted by atomic mass is 16.5. The Balaban J connectivity index is 1.60. The molecule has 0 aliphatic heterocycles. The molecule has 124 valence electrons. The van der Waals surface area contributed by atoms with Crippen molar-refractivity contribution < 1.29 is 4.52 Å². The van der Waals surface area contributed by atoms with E-state index < -0.39 is 0 Å². The quantitative estimate of drug-likeness (QED) is 0.571. The maximum atomic E-state index is 5.38. The molecule has 6 nitrogen and oxygen atoms in total. The van der Waals surface area contributed by atoms with Gasteiger partial charge in [0.15, 0.2) is 5.69 Å². The summed E-state index contributed by atoms with van der Waals surface area (Å²) in [4.78, 5) is 8.44. The van der Waals surface area contributed by atoms with Crippen molar-refractivity contribution in [2.75, 3.05) is 0 Å². The van der Waals surface area contributed by atoms with Gasteiger partial charge in [0.1, 0.15) is 0 Å². The third kappa shape index (κ3) is 3.19. The Hall–Kier alpha value is -3.28. The maximum absolute atomic E-state index is 5.38. The van der Waals surface area contributed by atoms with Crippen LogP contribution in [0.4, 0.5) is 0 Å². The van der Waals surface area contributed by atoms with E-state index in [4.69, 9.17) is 4.52 Å². The Kier molecular flexibility index (Phi) is 3.85. The zero-order valence-corrected chi connectivity index (χ0v) is 14.0. The standard InChI is InChI=1S/C19H17N5O/c1-13-3-5-15(6-4-13)12-24-14(2)11-17(22-24)19-21-18(23-25-19)16-7-9-20-10-8-16/h3-11H,12H2,1-2H3. The average molecular weight is 331 g/mol. The number of aromatic nitrogens is 5. The van der Waals surface area contributed by atoms with Crippen molar-refractivity contribution in [1.29, 1.82) is 0 Å². The monoisotopic (exact) mass is 331 g/mol. The van der Waals surface area contributed by atoms with E-state index in [1.807, 2.05) is 29.8 Å². The van der Waals surface area contributed by atoms with E-state index in [9.17, 15) is 0 Å². The molecule has 4 aromatic rings. The van der Waals surface area contributed by atoms with Crippen molar-refractivity contribution in [2.24, 2.45) is 0 Å². The van der Waals surface area contributed by atoms with E-state index in [1.165, 1.54) is 11.1 Å². The van der Waals surface area contributed by atoms with Crippen LogP contribution in [0.1, 0.15) is 16.8 Å². The van der Waals surface area contributed by atoms with E-state index in [1.54, 1.807) is 12.4 Å². The Bertz CT molecular complexity index is 986. The SMILES string of the molecule is Cc1ccc(Cn2nc(-c3nc(-c4ccncc4)no3)cc2C)cc1. The lowest BCUT2D eigenvalue weighted by Crippen LogP contribution is -2.03. The van der Waals surface area contributed by atoms with Gasteiger partial charge in [0, 0.05) is 23.7 Å². The molecule has 0 saturated carbocycles. The van der Waals surface area contributed by atoms with Crippen molar-refractivity contribution in [3.8, 4) is 23.0 Å². The van der Waals surface area contributed by atoms with Crippen molar-refractivity contribution in [3.05, 3.63) is 71.7 Å². The van der Waals surface area contributed by atoms with Crippen LogP contribution in [0.3, 0.4) is 0 Å². The van der Waals surface area contributed by atoms with E-state index in [-0.39, 0.29) is 0 Å². The molecule has 0 fully saturated rings. The Morgan fingerprint density at radius 3 is 2.52 bits per heavy atom. The van der Waals surface area contributed by atoms with Gasteiger partial charge in [-0.05, 0) is 37.6 Å². The zero-order chi connectivity index (χ0) is 17.2. The fourth-order valence-electron chi connectivity index (χ4n) is 2.59. The second kappa shape index (κ2) is 6.32. The van der Waals surface area contributed by atoms with Gasteiger partial charge in [-0.3, -0.25) is 9.67 Å². The summed E-state index contributed by atoms with van der Waals surface area (Å²) in [5.74, 6) is 0.945.